The molecule has 0 radical (unpaired) electrons. The minimum absolute atomic E-state index is 0.838. The van der Waals surface area contributed by atoms with Crippen LogP contribution in [0, 0.1) is 0 Å². The van der Waals surface area contributed by atoms with Gasteiger partial charge >= 0.3 is 0 Å². The van der Waals surface area contributed by atoms with Gasteiger partial charge in [0.15, 0.2) is 0 Å². The summed E-state index contributed by atoms with van der Waals surface area (Å²) in [7, 11) is 2.10. The molecule has 2 aromatic heterocycles. The third-order valence-corrected chi connectivity index (χ3v) is 6.50. The first-order valence-electron chi connectivity index (χ1n) is 10.1. The summed E-state index contributed by atoms with van der Waals surface area (Å²) in [4.78, 5) is 14.2. The van der Waals surface area contributed by atoms with E-state index in [4.69, 9.17) is 10.1 Å². The van der Waals surface area contributed by atoms with E-state index >= 15 is 0 Å². The Bertz CT molecular complexity index is 1010. The molecule has 146 valence electrons. The Labute approximate surface area is 173 Å². The number of fused-ring (bicyclic) bond motifs is 2. The Morgan fingerprint density at radius 3 is 2.75 bits per heavy atom. The SMILES string of the molecule is Cn1nc(CN2CCN(c3ncc4cc(Br)ccc4n3)CC2)c2c1CCCC2. The van der Waals surface area contributed by atoms with Crippen molar-refractivity contribution >= 4 is 32.8 Å². The molecule has 1 fully saturated rings. The van der Waals surface area contributed by atoms with E-state index in [9.17, 15) is 0 Å². The molecule has 0 saturated carbocycles. The summed E-state index contributed by atoms with van der Waals surface area (Å²) in [6.07, 6.45) is 6.90. The molecule has 0 N–H and O–H groups in total. The number of hydrogen-bond acceptors (Lipinski definition) is 5. The predicted octanol–water partition coefficient (Wildman–Crippen LogP) is 3.33. The van der Waals surface area contributed by atoms with E-state index in [0.29, 0.717) is 0 Å². The molecule has 0 atom stereocenters. The highest BCUT2D eigenvalue weighted by Gasteiger charge is 2.24. The number of aromatic nitrogens is 4. The lowest BCUT2D eigenvalue weighted by atomic mass is 9.95. The summed E-state index contributed by atoms with van der Waals surface area (Å²) < 4.78 is 3.17. The van der Waals surface area contributed by atoms with E-state index < -0.39 is 0 Å². The van der Waals surface area contributed by atoms with Gasteiger partial charge in [-0.05, 0) is 49.4 Å². The summed E-state index contributed by atoms with van der Waals surface area (Å²) in [5.41, 5.74) is 5.25. The minimum atomic E-state index is 0.838. The van der Waals surface area contributed by atoms with Gasteiger partial charge < -0.3 is 4.90 Å². The van der Waals surface area contributed by atoms with E-state index in [2.05, 4.69) is 48.5 Å². The van der Waals surface area contributed by atoms with Gasteiger partial charge in [0.25, 0.3) is 0 Å². The van der Waals surface area contributed by atoms with Crippen molar-refractivity contribution in [1.29, 1.82) is 0 Å². The third-order valence-electron chi connectivity index (χ3n) is 6.01. The molecule has 2 aliphatic rings. The molecule has 1 aliphatic carbocycles. The molecule has 0 spiro atoms. The van der Waals surface area contributed by atoms with Crippen molar-refractivity contribution in [2.75, 3.05) is 31.1 Å². The van der Waals surface area contributed by atoms with Gasteiger partial charge in [0.05, 0.1) is 11.2 Å². The summed E-state index contributed by atoms with van der Waals surface area (Å²) in [5, 5.41) is 5.90. The lowest BCUT2D eigenvalue weighted by molar-refractivity contribution is 0.244. The fourth-order valence-electron chi connectivity index (χ4n) is 4.45. The van der Waals surface area contributed by atoms with E-state index in [1.807, 2.05) is 18.3 Å². The Morgan fingerprint density at radius 2 is 1.89 bits per heavy atom. The van der Waals surface area contributed by atoms with Crippen LogP contribution in [0.25, 0.3) is 10.9 Å². The molecule has 1 saturated heterocycles. The topological polar surface area (TPSA) is 50.1 Å². The van der Waals surface area contributed by atoms with Crippen LogP contribution in [0.3, 0.4) is 0 Å². The molecule has 1 aromatic carbocycles. The number of rotatable bonds is 3. The molecule has 1 aliphatic heterocycles. The molecular formula is C21H25BrN6. The summed E-state index contributed by atoms with van der Waals surface area (Å²) in [6, 6.07) is 6.14. The van der Waals surface area contributed by atoms with Gasteiger partial charge in [-0.3, -0.25) is 9.58 Å². The first-order chi connectivity index (χ1) is 13.7. The van der Waals surface area contributed by atoms with Gasteiger partial charge in [-0.2, -0.15) is 5.10 Å². The van der Waals surface area contributed by atoms with Crippen LogP contribution in [0.4, 0.5) is 5.95 Å². The van der Waals surface area contributed by atoms with Crippen LogP contribution < -0.4 is 4.90 Å². The number of piperazine rings is 1. The zero-order valence-electron chi connectivity index (χ0n) is 16.2. The Hall–Kier alpha value is -1.99. The van der Waals surface area contributed by atoms with Crippen molar-refractivity contribution in [3.05, 3.63) is 45.8 Å². The van der Waals surface area contributed by atoms with Crippen molar-refractivity contribution < 1.29 is 0 Å². The zero-order chi connectivity index (χ0) is 19.1. The van der Waals surface area contributed by atoms with Gasteiger partial charge in [0.2, 0.25) is 5.95 Å². The van der Waals surface area contributed by atoms with Crippen LogP contribution in [0.1, 0.15) is 29.8 Å². The monoisotopic (exact) mass is 440 g/mol. The number of nitrogens with zero attached hydrogens (tertiary/aromatic N) is 6. The molecule has 28 heavy (non-hydrogen) atoms. The zero-order valence-corrected chi connectivity index (χ0v) is 17.8. The average Bonchev–Trinajstić information content (AvgIpc) is 3.04. The maximum absolute atomic E-state index is 4.84. The second-order valence-electron chi connectivity index (χ2n) is 7.84. The first kappa shape index (κ1) is 18.1. The van der Waals surface area contributed by atoms with Crippen molar-refractivity contribution in [3.8, 4) is 0 Å². The van der Waals surface area contributed by atoms with E-state index in [1.54, 1.807) is 0 Å². The average molecular weight is 441 g/mol. The predicted molar refractivity (Wildman–Crippen MR) is 115 cm³/mol. The molecule has 7 heteroatoms. The van der Waals surface area contributed by atoms with Gasteiger partial charge in [0.1, 0.15) is 0 Å². The van der Waals surface area contributed by atoms with Gasteiger partial charge in [0, 0.05) is 61.5 Å². The number of anilines is 1. The van der Waals surface area contributed by atoms with Crippen LogP contribution >= 0.6 is 15.9 Å². The van der Waals surface area contributed by atoms with Crippen LogP contribution in [-0.4, -0.2) is 50.8 Å². The fraction of sp³-hybridized carbons (Fsp3) is 0.476. The quantitative estimate of drug-likeness (QED) is 0.624. The van der Waals surface area contributed by atoms with Gasteiger partial charge in [-0.1, -0.05) is 15.9 Å². The standard InChI is InChI=1S/C21H25BrN6/c1-26-20-5-3-2-4-17(20)19(25-26)14-27-8-10-28(11-9-27)21-23-13-15-12-16(22)6-7-18(15)24-21/h6-7,12-13H,2-5,8-11,14H2,1H3. The number of halogens is 1. The second-order valence-corrected chi connectivity index (χ2v) is 8.75. The molecular weight excluding hydrogens is 416 g/mol. The summed E-state index contributed by atoms with van der Waals surface area (Å²) in [5.74, 6) is 0.838. The van der Waals surface area contributed by atoms with Crippen molar-refractivity contribution in [3.63, 3.8) is 0 Å². The normalized spacial score (nSPS) is 17.9. The lowest BCUT2D eigenvalue weighted by Crippen LogP contribution is -2.46. The van der Waals surface area contributed by atoms with E-state index in [0.717, 1.165) is 54.0 Å². The largest absolute Gasteiger partial charge is 0.338 e. The van der Waals surface area contributed by atoms with Crippen molar-refractivity contribution in [2.45, 2.75) is 32.2 Å². The Morgan fingerprint density at radius 1 is 1.07 bits per heavy atom. The fourth-order valence-corrected chi connectivity index (χ4v) is 4.83. The highest BCUT2D eigenvalue weighted by Crippen LogP contribution is 2.25. The minimum Gasteiger partial charge on any atom is -0.338 e. The first-order valence-corrected chi connectivity index (χ1v) is 10.9. The van der Waals surface area contributed by atoms with Crippen LogP contribution in [0.5, 0.6) is 0 Å². The van der Waals surface area contributed by atoms with Crippen LogP contribution in [0.15, 0.2) is 28.9 Å². The molecule has 3 heterocycles. The molecule has 0 unspecified atom stereocenters. The van der Waals surface area contributed by atoms with Crippen LogP contribution in [-0.2, 0) is 26.4 Å². The number of benzene rings is 1. The molecule has 0 amide bonds. The molecule has 3 aromatic rings. The third kappa shape index (κ3) is 3.42. The molecule has 6 nitrogen and oxygen atoms in total. The number of aryl methyl sites for hydroxylation is 1. The maximum Gasteiger partial charge on any atom is 0.225 e. The van der Waals surface area contributed by atoms with Crippen LogP contribution in [0.2, 0.25) is 0 Å². The number of hydrogen-bond donors (Lipinski definition) is 0. The summed E-state index contributed by atoms with van der Waals surface area (Å²) >= 11 is 3.51. The smallest absolute Gasteiger partial charge is 0.225 e. The van der Waals surface area contributed by atoms with Gasteiger partial charge in [-0.15, -0.1) is 0 Å². The Kier molecular flexibility index (Phi) is 4.80. The van der Waals surface area contributed by atoms with Crippen molar-refractivity contribution in [2.24, 2.45) is 7.05 Å². The van der Waals surface area contributed by atoms with Crippen molar-refractivity contribution in [1.82, 2.24) is 24.6 Å². The lowest BCUT2D eigenvalue weighted by Gasteiger charge is -2.34. The Balaban J connectivity index is 1.26. The summed E-state index contributed by atoms with van der Waals surface area (Å²) in [6.45, 7) is 4.91. The molecule has 0 bridgehead atoms. The van der Waals surface area contributed by atoms with Gasteiger partial charge in [-0.25, -0.2) is 9.97 Å². The van der Waals surface area contributed by atoms with E-state index in [1.165, 1.54) is 42.6 Å². The maximum atomic E-state index is 4.84. The highest BCUT2D eigenvalue weighted by molar-refractivity contribution is 9.10. The van der Waals surface area contributed by atoms with E-state index in [-0.39, 0.29) is 0 Å². The molecule has 5 rings (SSSR count). The second kappa shape index (κ2) is 7.44. The highest BCUT2D eigenvalue weighted by atomic mass is 79.9.